The van der Waals surface area contributed by atoms with E-state index in [9.17, 15) is 9.59 Å². The third kappa shape index (κ3) is 4.02. The van der Waals surface area contributed by atoms with Crippen LogP contribution in [-0.2, 0) is 0 Å². The Balaban J connectivity index is 1.73. The lowest BCUT2D eigenvalue weighted by atomic mass is 9.78. The summed E-state index contributed by atoms with van der Waals surface area (Å²) >= 11 is 0. The van der Waals surface area contributed by atoms with E-state index in [0.29, 0.717) is 41.2 Å². The molecule has 0 aromatic heterocycles. The molecule has 0 unspecified atom stereocenters. The van der Waals surface area contributed by atoms with Crippen molar-refractivity contribution in [1.82, 2.24) is 10.2 Å². The maximum Gasteiger partial charge on any atom is 0.254 e. The Bertz CT molecular complexity index is 669. The number of anilines is 1. The van der Waals surface area contributed by atoms with Crippen LogP contribution in [0.4, 0.5) is 5.69 Å². The highest BCUT2D eigenvalue weighted by Gasteiger charge is 2.36. The first kappa shape index (κ1) is 18.7. The summed E-state index contributed by atoms with van der Waals surface area (Å²) in [6.45, 7) is 5.53. The van der Waals surface area contributed by atoms with Crippen molar-refractivity contribution >= 4 is 17.5 Å². The quantitative estimate of drug-likeness (QED) is 0.811. The van der Waals surface area contributed by atoms with Crippen LogP contribution in [0.25, 0.3) is 0 Å². The molecule has 3 rings (SSSR count). The first-order valence-electron chi connectivity index (χ1n) is 9.96. The highest BCUT2D eigenvalue weighted by molar-refractivity contribution is 6.02. The standard InChI is InChI=1S/C21H31N3O2/c1-14(2)13-23-20(25)17-10-9-16(12-18(17)22)21(26)24-11-5-7-15-6-3-4-8-19(15)24/h9-10,12,14-15,19H,3-8,11,13,22H2,1-2H3,(H,23,25)/t15-,19+/m0/s1. The van der Waals surface area contributed by atoms with E-state index in [1.54, 1.807) is 18.2 Å². The van der Waals surface area contributed by atoms with Gasteiger partial charge in [0.05, 0.1) is 5.56 Å². The molecule has 2 amide bonds. The third-order valence-electron chi connectivity index (χ3n) is 5.72. The van der Waals surface area contributed by atoms with E-state index in [1.807, 2.05) is 13.8 Å². The van der Waals surface area contributed by atoms with Gasteiger partial charge in [-0.2, -0.15) is 0 Å². The number of likely N-dealkylation sites (tertiary alicyclic amines) is 1. The van der Waals surface area contributed by atoms with Crippen molar-refractivity contribution < 1.29 is 9.59 Å². The molecular formula is C21H31N3O2. The number of piperidine rings is 1. The number of fused-ring (bicyclic) bond motifs is 1. The lowest BCUT2D eigenvalue weighted by molar-refractivity contribution is 0.0390. The third-order valence-corrected chi connectivity index (χ3v) is 5.72. The number of nitrogens with zero attached hydrogens (tertiary/aromatic N) is 1. The summed E-state index contributed by atoms with van der Waals surface area (Å²) in [5.41, 5.74) is 7.50. The second-order valence-electron chi connectivity index (χ2n) is 8.16. The summed E-state index contributed by atoms with van der Waals surface area (Å²) in [6, 6.07) is 5.47. The minimum absolute atomic E-state index is 0.0578. The van der Waals surface area contributed by atoms with Crippen LogP contribution in [0.15, 0.2) is 18.2 Å². The number of amides is 2. The molecule has 2 atom stereocenters. The molecule has 0 bridgehead atoms. The minimum Gasteiger partial charge on any atom is -0.398 e. The Kier molecular flexibility index (Phi) is 5.84. The zero-order valence-corrected chi connectivity index (χ0v) is 16.0. The molecule has 0 radical (unpaired) electrons. The normalized spacial score (nSPS) is 22.8. The van der Waals surface area contributed by atoms with E-state index in [-0.39, 0.29) is 11.8 Å². The smallest absolute Gasteiger partial charge is 0.254 e. The van der Waals surface area contributed by atoms with Crippen molar-refractivity contribution in [3.8, 4) is 0 Å². The molecule has 1 aromatic rings. The highest BCUT2D eigenvalue weighted by atomic mass is 16.2. The summed E-state index contributed by atoms with van der Waals surface area (Å²) in [4.78, 5) is 27.4. The van der Waals surface area contributed by atoms with Gasteiger partial charge in [0.2, 0.25) is 0 Å². The lowest BCUT2D eigenvalue weighted by Crippen LogP contribution is -2.49. The Morgan fingerprint density at radius 1 is 1.19 bits per heavy atom. The average molecular weight is 357 g/mol. The number of benzene rings is 1. The Morgan fingerprint density at radius 3 is 2.65 bits per heavy atom. The van der Waals surface area contributed by atoms with E-state index in [4.69, 9.17) is 5.73 Å². The number of carbonyl (C=O) groups excluding carboxylic acids is 2. The van der Waals surface area contributed by atoms with Crippen LogP contribution >= 0.6 is 0 Å². The molecule has 2 fully saturated rings. The predicted molar refractivity (Wildman–Crippen MR) is 104 cm³/mol. The highest BCUT2D eigenvalue weighted by Crippen LogP contribution is 2.36. The number of nitrogens with two attached hydrogens (primary N) is 1. The number of nitrogens with one attached hydrogen (secondary N) is 1. The summed E-state index contributed by atoms with van der Waals surface area (Å²) < 4.78 is 0. The van der Waals surface area contributed by atoms with Crippen molar-refractivity contribution in [3.63, 3.8) is 0 Å². The molecule has 0 spiro atoms. The molecule has 5 nitrogen and oxygen atoms in total. The topological polar surface area (TPSA) is 75.4 Å². The second-order valence-corrected chi connectivity index (χ2v) is 8.16. The molecule has 1 saturated carbocycles. The van der Waals surface area contributed by atoms with Gasteiger partial charge in [-0.15, -0.1) is 0 Å². The van der Waals surface area contributed by atoms with Crippen molar-refractivity contribution in [3.05, 3.63) is 29.3 Å². The number of carbonyl (C=O) groups is 2. The van der Waals surface area contributed by atoms with Crippen LogP contribution in [0.5, 0.6) is 0 Å². The molecule has 1 saturated heterocycles. The van der Waals surface area contributed by atoms with Gasteiger partial charge in [-0.3, -0.25) is 9.59 Å². The van der Waals surface area contributed by atoms with Gasteiger partial charge in [0.25, 0.3) is 11.8 Å². The van der Waals surface area contributed by atoms with Crippen LogP contribution in [0.3, 0.4) is 0 Å². The van der Waals surface area contributed by atoms with Crippen LogP contribution in [-0.4, -0.2) is 35.8 Å². The molecule has 1 aromatic carbocycles. The summed E-state index contributed by atoms with van der Waals surface area (Å²) in [5, 5.41) is 2.87. The number of nitrogen functional groups attached to an aromatic ring is 1. The van der Waals surface area contributed by atoms with Crippen molar-refractivity contribution in [1.29, 1.82) is 0 Å². The zero-order valence-electron chi connectivity index (χ0n) is 16.0. The van der Waals surface area contributed by atoms with Gasteiger partial charge in [-0.05, 0) is 55.7 Å². The van der Waals surface area contributed by atoms with Crippen molar-refractivity contribution in [2.24, 2.45) is 11.8 Å². The maximum atomic E-state index is 13.1. The Labute approximate surface area is 156 Å². The molecular weight excluding hydrogens is 326 g/mol. The molecule has 3 N–H and O–H groups in total. The maximum absolute atomic E-state index is 13.1. The molecule has 142 valence electrons. The van der Waals surface area contributed by atoms with E-state index >= 15 is 0 Å². The Morgan fingerprint density at radius 2 is 1.92 bits per heavy atom. The largest absolute Gasteiger partial charge is 0.398 e. The van der Waals surface area contributed by atoms with Crippen LogP contribution in [0.1, 0.15) is 73.1 Å². The molecule has 2 aliphatic rings. The summed E-state index contributed by atoms with van der Waals surface area (Å²) in [6.07, 6.45) is 7.18. The second kappa shape index (κ2) is 8.11. The fraction of sp³-hybridized carbons (Fsp3) is 0.619. The van der Waals surface area contributed by atoms with E-state index in [2.05, 4.69) is 10.2 Å². The van der Waals surface area contributed by atoms with E-state index in [1.165, 1.54) is 25.7 Å². The SMILES string of the molecule is CC(C)CNC(=O)c1ccc(C(=O)N2CCC[C@@H]3CCCC[C@H]32)cc1N. The number of hydrogen-bond donors (Lipinski definition) is 2. The van der Waals surface area contributed by atoms with Gasteiger partial charge in [0.15, 0.2) is 0 Å². The Hall–Kier alpha value is -2.04. The van der Waals surface area contributed by atoms with Gasteiger partial charge in [0.1, 0.15) is 0 Å². The first-order valence-corrected chi connectivity index (χ1v) is 9.96. The number of rotatable bonds is 4. The molecule has 5 heteroatoms. The van der Waals surface area contributed by atoms with E-state index < -0.39 is 0 Å². The lowest BCUT2D eigenvalue weighted by Gasteiger charge is -2.44. The van der Waals surface area contributed by atoms with Crippen LogP contribution in [0.2, 0.25) is 0 Å². The van der Waals surface area contributed by atoms with Crippen molar-refractivity contribution in [2.45, 2.75) is 58.4 Å². The van der Waals surface area contributed by atoms with Gasteiger partial charge >= 0.3 is 0 Å². The van der Waals surface area contributed by atoms with Crippen LogP contribution in [0, 0.1) is 11.8 Å². The fourth-order valence-corrected chi connectivity index (χ4v) is 4.34. The minimum atomic E-state index is -0.180. The van der Waals surface area contributed by atoms with Crippen LogP contribution < -0.4 is 11.1 Å². The first-order chi connectivity index (χ1) is 12.5. The zero-order chi connectivity index (χ0) is 18.7. The summed E-state index contributed by atoms with van der Waals surface area (Å²) in [7, 11) is 0. The monoisotopic (exact) mass is 357 g/mol. The molecule has 1 aliphatic heterocycles. The fourth-order valence-electron chi connectivity index (χ4n) is 4.34. The molecule has 1 heterocycles. The average Bonchev–Trinajstić information content (AvgIpc) is 2.65. The van der Waals surface area contributed by atoms with Gasteiger partial charge < -0.3 is 16.0 Å². The number of hydrogen-bond acceptors (Lipinski definition) is 3. The van der Waals surface area contributed by atoms with E-state index in [0.717, 1.165) is 19.4 Å². The van der Waals surface area contributed by atoms with Crippen molar-refractivity contribution in [2.75, 3.05) is 18.8 Å². The summed E-state index contributed by atoms with van der Waals surface area (Å²) in [5.74, 6) is 0.909. The van der Waals surface area contributed by atoms with Gasteiger partial charge in [0, 0.05) is 30.4 Å². The molecule has 26 heavy (non-hydrogen) atoms. The van der Waals surface area contributed by atoms with Gasteiger partial charge in [-0.1, -0.05) is 26.7 Å². The molecule has 1 aliphatic carbocycles. The van der Waals surface area contributed by atoms with Gasteiger partial charge in [-0.25, -0.2) is 0 Å². The predicted octanol–water partition coefficient (Wildman–Crippen LogP) is 3.45.